The van der Waals surface area contributed by atoms with Gasteiger partial charge in [0.05, 0.1) is 0 Å². The van der Waals surface area contributed by atoms with E-state index in [1.54, 1.807) is 0 Å². The smallest absolute Gasteiger partial charge is 0.00188 e. The molecular formula is C12H28N2. The number of rotatable bonds is 10. The van der Waals surface area contributed by atoms with Crippen LogP contribution in [0, 0.1) is 0 Å². The van der Waals surface area contributed by atoms with Crippen LogP contribution in [0.25, 0.3) is 0 Å². The normalized spacial score (nSPS) is 11.1. The van der Waals surface area contributed by atoms with Crippen molar-refractivity contribution in [3.8, 4) is 0 Å². The van der Waals surface area contributed by atoms with Gasteiger partial charge in [0, 0.05) is 0 Å². The van der Waals surface area contributed by atoms with E-state index in [0.29, 0.717) is 0 Å². The fourth-order valence-corrected chi connectivity index (χ4v) is 1.68. The van der Waals surface area contributed by atoms with Crippen LogP contribution in [-0.2, 0) is 0 Å². The third-order valence-electron chi connectivity index (χ3n) is 2.56. The highest BCUT2D eigenvalue weighted by molar-refractivity contribution is 4.55. The highest BCUT2D eigenvalue weighted by Gasteiger charge is 1.99. The molecule has 1 N–H and O–H groups in total. The molecule has 0 unspecified atom stereocenters. The van der Waals surface area contributed by atoms with Crippen molar-refractivity contribution in [3.05, 3.63) is 0 Å². The molecule has 2 nitrogen and oxygen atoms in total. The SMILES string of the molecule is CCCN(CC)CCCCCNCC. The van der Waals surface area contributed by atoms with Gasteiger partial charge in [-0.1, -0.05) is 27.2 Å². The summed E-state index contributed by atoms with van der Waals surface area (Å²) in [6, 6.07) is 0. The molecular weight excluding hydrogens is 172 g/mol. The fourth-order valence-electron chi connectivity index (χ4n) is 1.68. The van der Waals surface area contributed by atoms with Crippen LogP contribution in [-0.4, -0.2) is 37.6 Å². The van der Waals surface area contributed by atoms with E-state index < -0.39 is 0 Å². The Morgan fingerprint density at radius 2 is 1.71 bits per heavy atom. The summed E-state index contributed by atoms with van der Waals surface area (Å²) in [6.45, 7) is 12.7. The summed E-state index contributed by atoms with van der Waals surface area (Å²) < 4.78 is 0. The van der Waals surface area contributed by atoms with Crippen LogP contribution < -0.4 is 5.32 Å². The lowest BCUT2D eigenvalue weighted by Crippen LogP contribution is -2.25. The first-order valence-corrected chi connectivity index (χ1v) is 6.28. The van der Waals surface area contributed by atoms with Gasteiger partial charge in [-0.3, -0.25) is 0 Å². The number of hydrogen-bond donors (Lipinski definition) is 1. The van der Waals surface area contributed by atoms with Crippen molar-refractivity contribution in [3.63, 3.8) is 0 Å². The van der Waals surface area contributed by atoms with Gasteiger partial charge in [-0.25, -0.2) is 0 Å². The Bertz CT molecular complexity index is 104. The highest BCUT2D eigenvalue weighted by atomic mass is 15.1. The van der Waals surface area contributed by atoms with Crippen LogP contribution in [0.15, 0.2) is 0 Å². The quantitative estimate of drug-likeness (QED) is 0.545. The minimum Gasteiger partial charge on any atom is -0.317 e. The van der Waals surface area contributed by atoms with Crippen molar-refractivity contribution >= 4 is 0 Å². The van der Waals surface area contributed by atoms with E-state index in [2.05, 4.69) is 31.0 Å². The molecule has 0 aliphatic rings. The molecule has 0 saturated heterocycles. The maximum Gasteiger partial charge on any atom is -0.00188 e. The van der Waals surface area contributed by atoms with Gasteiger partial charge in [0.2, 0.25) is 0 Å². The molecule has 0 spiro atoms. The molecule has 0 aromatic rings. The maximum atomic E-state index is 3.36. The number of nitrogens with zero attached hydrogens (tertiary/aromatic N) is 1. The highest BCUT2D eigenvalue weighted by Crippen LogP contribution is 1.99. The van der Waals surface area contributed by atoms with Crippen molar-refractivity contribution in [1.29, 1.82) is 0 Å². The number of hydrogen-bond acceptors (Lipinski definition) is 2. The molecule has 0 rings (SSSR count). The van der Waals surface area contributed by atoms with E-state index in [0.717, 1.165) is 6.54 Å². The number of unbranched alkanes of at least 4 members (excludes halogenated alkanes) is 2. The molecule has 0 bridgehead atoms. The van der Waals surface area contributed by atoms with Gasteiger partial charge < -0.3 is 10.2 Å². The monoisotopic (exact) mass is 200 g/mol. The predicted octanol–water partition coefficient (Wildman–Crippen LogP) is 2.50. The van der Waals surface area contributed by atoms with Crippen molar-refractivity contribution in [2.45, 2.75) is 46.5 Å². The van der Waals surface area contributed by atoms with Crippen molar-refractivity contribution < 1.29 is 0 Å². The molecule has 2 heteroatoms. The first kappa shape index (κ1) is 13.9. The molecule has 0 aromatic heterocycles. The summed E-state index contributed by atoms with van der Waals surface area (Å²) in [5.41, 5.74) is 0. The van der Waals surface area contributed by atoms with Crippen molar-refractivity contribution in [1.82, 2.24) is 10.2 Å². The average molecular weight is 200 g/mol. The molecule has 86 valence electrons. The van der Waals surface area contributed by atoms with Crippen molar-refractivity contribution in [2.24, 2.45) is 0 Å². The minimum absolute atomic E-state index is 1.11. The first-order chi connectivity index (χ1) is 6.85. The Balaban J connectivity index is 3.15. The Labute approximate surface area is 90.1 Å². The third kappa shape index (κ3) is 8.52. The van der Waals surface area contributed by atoms with Crippen LogP contribution in [0.2, 0.25) is 0 Å². The zero-order valence-corrected chi connectivity index (χ0v) is 10.3. The third-order valence-corrected chi connectivity index (χ3v) is 2.56. The summed E-state index contributed by atoms with van der Waals surface area (Å²) in [5.74, 6) is 0. The molecule has 0 heterocycles. The van der Waals surface area contributed by atoms with Crippen molar-refractivity contribution in [2.75, 3.05) is 32.7 Å². The minimum atomic E-state index is 1.11. The molecule has 0 fully saturated rings. The Morgan fingerprint density at radius 1 is 0.929 bits per heavy atom. The van der Waals surface area contributed by atoms with E-state index in [4.69, 9.17) is 0 Å². The van der Waals surface area contributed by atoms with Gasteiger partial charge in [-0.05, 0) is 52.0 Å². The molecule has 0 aliphatic carbocycles. The van der Waals surface area contributed by atoms with Crippen LogP contribution in [0.1, 0.15) is 46.5 Å². The van der Waals surface area contributed by atoms with E-state index in [1.165, 1.54) is 51.9 Å². The fraction of sp³-hybridized carbons (Fsp3) is 1.00. The topological polar surface area (TPSA) is 15.3 Å². The Hall–Kier alpha value is -0.0800. The number of nitrogens with one attached hydrogen (secondary N) is 1. The summed E-state index contributed by atoms with van der Waals surface area (Å²) in [4.78, 5) is 2.55. The van der Waals surface area contributed by atoms with Crippen LogP contribution >= 0.6 is 0 Å². The standard InChI is InChI=1S/C12H28N2/c1-4-11-14(6-3)12-9-7-8-10-13-5-2/h13H,4-12H2,1-3H3. The Morgan fingerprint density at radius 3 is 2.29 bits per heavy atom. The zero-order chi connectivity index (χ0) is 10.6. The van der Waals surface area contributed by atoms with Gasteiger partial charge in [-0.2, -0.15) is 0 Å². The molecule has 14 heavy (non-hydrogen) atoms. The van der Waals surface area contributed by atoms with Gasteiger partial charge in [-0.15, -0.1) is 0 Å². The van der Waals surface area contributed by atoms with E-state index >= 15 is 0 Å². The molecule has 0 amide bonds. The van der Waals surface area contributed by atoms with E-state index in [1.807, 2.05) is 0 Å². The first-order valence-electron chi connectivity index (χ1n) is 6.28. The van der Waals surface area contributed by atoms with Crippen LogP contribution in [0.5, 0.6) is 0 Å². The van der Waals surface area contributed by atoms with Gasteiger partial charge >= 0.3 is 0 Å². The van der Waals surface area contributed by atoms with Gasteiger partial charge in [0.25, 0.3) is 0 Å². The maximum absolute atomic E-state index is 3.36. The largest absolute Gasteiger partial charge is 0.317 e. The summed E-state index contributed by atoms with van der Waals surface area (Å²) in [5, 5.41) is 3.36. The summed E-state index contributed by atoms with van der Waals surface area (Å²) in [6.07, 6.45) is 5.34. The lowest BCUT2D eigenvalue weighted by molar-refractivity contribution is 0.281. The zero-order valence-electron chi connectivity index (χ0n) is 10.3. The second kappa shape index (κ2) is 11.0. The molecule has 0 saturated carbocycles. The summed E-state index contributed by atoms with van der Waals surface area (Å²) in [7, 11) is 0. The van der Waals surface area contributed by atoms with E-state index in [-0.39, 0.29) is 0 Å². The average Bonchev–Trinajstić information content (AvgIpc) is 2.21. The predicted molar refractivity (Wildman–Crippen MR) is 64.8 cm³/mol. The van der Waals surface area contributed by atoms with Crippen LogP contribution in [0.3, 0.4) is 0 Å². The molecule has 0 atom stereocenters. The Kier molecular flexibility index (Phi) is 10.9. The second-order valence-electron chi connectivity index (χ2n) is 3.85. The molecule has 0 radical (unpaired) electrons. The molecule has 0 aromatic carbocycles. The van der Waals surface area contributed by atoms with E-state index in [9.17, 15) is 0 Å². The molecule has 0 aliphatic heterocycles. The lowest BCUT2D eigenvalue weighted by atomic mass is 10.2. The second-order valence-corrected chi connectivity index (χ2v) is 3.85. The van der Waals surface area contributed by atoms with Crippen LogP contribution in [0.4, 0.5) is 0 Å². The summed E-state index contributed by atoms with van der Waals surface area (Å²) >= 11 is 0. The van der Waals surface area contributed by atoms with Gasteiger partial charge in [0.1, 0.15) is 0 Å². The van der Waals surface area contributed by atoms with Gasteiger partial charge in [0.15, 0.2) is 0 Å². The lowest BCUT2D eigenvalue weighted by Gasteiger charge is -2.19.